The molecule has 0 spiro atoms. The summed E-state index contributed by atoms with van der Waals surface area (Å²) < 4.78 is 30.1. The van der Waals surface area contributed by atoms with Gasteiger partial charge in [-0.25, -0.2) is 8.42 Å². The van der Waals surface area contributed by atoms with E-state index < -0.39 is 22.0 Å². The predicted molar refractivity (Wildman–Crippen MR) is 59.9 cm³/mol. The summed E-state index contributed by atoms with van der Waals surface area (Å²) in [5.41, 5.74) is 0. The number of benzene rings is 1. The number of phenolic OH excluding ortho intramolecular Hbond substituents is 1. The van der Waals surface area contributed by atoms with Crippen molar-refractivity contribution in [1.29, 1.82) is 0 Å². The van der Waals surface area contributed by atoms with Crippen molar-refractivity contribution in [2.24, 2.45) is 0 Å². The largest absolute Gasteiger partial charge is 0.508 e. The molecule has 1 aromatic rings. The Morgan fingerprint density at radius 3 is 2.35 bits per heavy atom. The number of esters is 1. The number of aromatic hydroxyl groups is 1. The fraction of sp³-hybridized carbons (Fsp3) is 0.300. The zero-order valence-corrected chi connectivity index (χ0v) is 10.2. The van der Waals surface area contributed by atoms with Crippen LogP contribution in [0.1, 0.15) is 6.92 Å². The number of carbonyl (C=O) groups is 1. The van der Waals surface area contributed by atoms with Crippen LogP contribution in [0.15, 0.2) is 29.2 Å². The molecule has 0 radical (unpaired) electrons. The Bertz CT molecular complexity index is 494. The summed E-state index contributed by atoms with van der Waals surface area (Å²) >= 11 is 0. The van der Waals surface area contributed by atoms with Crippen LogP contribution >= 0.6 is 0 Å². The van der Waals surface area contributed by atoms with Crippen LogP contribution in [0.25, 0.3) is 0 Å². The SMILES string of the molecule is COC(=O)C(C)NS(=O)(=O)c1ccc(O)cc1. The quantitative estimate of drug-likeness (QED) is 0.755. The van der Waals surface area contributed by atoms with Gasteiger partial charge in [0.25, 0.3) is 0 Å². The summed E-state index contributed by atoms with van der Waals surface area (Å²) in [6, 6.07) is 4.00. The average molecular weight is 259 g/mol. The van der Waals surface area contributed by atoms with Crippen LogP contribution in [0.3, 0.4) is 0 Å². The van der Waals surface area contributed by atoms with E-state index in [0.717, 1.165) is 0 Å². The van der Waals surface area contributed by atoms with Crippen LogP contribution in [-0.4, -0.2) is 32.6 Å². The Hall–Kier alpha value is -1.60. The Kier molecular flexibility index (Phi) is 4.08. The van der Waals surface area contributed by atoms with Crippen molar-refractivity contribution in [2.45, 2.75) is 17.9 Å². The van der Waals surface area contributed by atoms with Gasteiger partial charge in [-0.1, -0.05) is 0 Å². The third-order valence-corrected chi connectivity index (χ3v) is 3.59. The van der Waals surface area contributed by atoms with Gasteiger partial charge in [-0.15, -0.1) is 0 Å². The van der Waals surface area contributed by atoms with Crippen LogP contribution in [-0.2, 0) is 19.6 Å². The molecule has 0 aromatic heterocycles. The summed E-state index contributed by atoms with van der Waals surface area (Å²) in [4.78, 5) is 11.0. The third-order valence-electron chi connectivity index (χ3n) is 2.03. The van der Waals surface area contributed by atoms with Crippen molar-refractivity contribution in [3.05, 3.63) is 24.3 Å². The predicted octanol–water partition coefficient (Wildman–Crippen LogP) is 0.232. The van der Waals surface area contributed by atoms with E-state index in [-0.39, 0.29) is 10.6 Å². The number of ether oxygens (including phenoxy) is 1. The molecule has 0 amide bonds. The zero-order valence-electron chi connectivity index (χ0n) is 9.38. The lowest BCUT2D eigenvalue weighted by molar-refractivity contribution is -0.142. The molecule has 1 atom stereocenters. The molecule has 94 valence electrons. The highest BCUT2D eigenvalue weighted by Crippen LogP contribution is 2.14. The molecule has 0 heterocycles. The molecule has 7 heteroatoms. The zero-order chi connectivity index (χ0) is 13.1. The first-order valence-electron chi connectivity index (χ1n) is 4.76. The van der Waals surface area contributed by atoms with Gasteiger partial charge in [0.05, 0.1) is 12.0 Å². The molecule has 17 heavy (non-hydrogen) atoms. The lowest BCUT2D eigenvalue weighted by atomic mass is 10.3. The van der Waals surface area contributed by atoms with Crippen molar-refractivity contribution >= 4 is 16.0 Å². The minimum Gasteiger partial charge on any atom is -0.508 e. The highest BCUT2D eigenvalue weighted by Gasteiger charge is 2.22. The second kappa shape index (κ2) is 5.15. The molecule has 1 unspecified atom stereocenters. The normalized spacial score (nSPS) is 13.1. The number of methoxy groups -OCH3 is 1. The summed E-state index contributed by atoms with van der Waals surface area (Å²) in [6.07, 6.45) is 0. The molecule has 0 aliphatic heterocycles. The molecule has 0 aliphatic rings. The maximum Gasteiger partial charge on any atom is 0.323 e. The van der Waals surface area contributed by atoms with E-state index in [2.05, 4.69) is 9.46 Å². The maximum absolute atomic E-state index is 11.8. The minimum atomic E-state index is -3.79. The summed E-state index contributed by atoms with van der Waals surface area (Å²) in [5.74, 6) is -0.711. The number of rotatable bonds is 4. The fourth-order valence-electron chi connectivity index (χ4n) is 1.15. The van der Waals surface area contributed by atoms with Gasteiger partial charge in [-0.05, 0) is 31.2 Å². The molecular weight excluding hydrogens is 246 g/mol. The summed E-state index contributed by atoms with van der Waals surface area (Å²) in [5, 5.41) is 9.04. The van der Waals surface area contributed by atoms with Gasteiger partial charge in [-0.2, -0.15) is 4.72 Å². The molecule has 6 nitrogen and oxygen atoms in total. The van der Waals surface area contributed by atoms with Crippen LogP contribution in [0.5, 0.6) is 5.75 Å². The van der Waals surface area contributed by atoms with Gasteiger partial charge in [0, 0.05) is 0 Å². The average Bonchev–Trinajstić information content (AvgIpc) is 2.27. The van der Waals surface area contributed by atoms with Crippen LogP contribution in [0.2, 0.25) is 0 Å². The molecule has 0 saturated heterocycles. The minimum absolute atomic E-state index is 0.0361. The lowest BCUT2D eigenvalue weighted by Gasteiger charge is -2.11. The molecule has 2 N–H and O–H groups in total. The first-order chi connectivity index (χ1) is 7.86. The molecular formula is C10H13NO5S. The second-order valence-electron chi connectivity index (χ2n) is 3.36. The number of carbonyl (C=O) groups excluding carboxylic acids is 1. The highest BCUT2D eigenvalue weighted by atomic mass is 32.2. The molecule has 0 fully saturated rings. The molecule has 1 rings (SSSR count). The topological polar surface area (TPSA) is 92.7 Å². The highest BCUT2D eigenvalue weighted by molar-refractivity contribution is 7.89. The van der Waals surface area contributed by atoms with Crippen molar-refractivity contribution in [2.75, 3.05) is 7.11 Å². The van der Waals surface area contributed by atoms with E-state index in [0.29, 0.717) is 0 Å². The lowest BCUT2D eigenvalue weighted by Crippen LogP contribution is -2.39. The standard InChI is InChI=1S/C10H13NO5S/c1-7(10(13)16-2)11-17(14,15)9-5-3-8(12)4-6-9/h3-7,11-12H,1-2H3. The number of phenols is 1. The Morgan fingerprint density at radius 2 is 1.88 bits per heavy atom. The van der Waals surface area contributed by atoms with E-state index in [9.17, 15) is 13.2 Å². The first kappa shape index (κ1) is 13.5. The van der Waals surface area contributed by atoms with Crippen molar-refractivity contribution in [3.63, 3.8) is 0 Å². The number of nitrogens with one attached hydrogen (secondary N) is 1. The molecule has 0 bridgehead atoms. The van der Waals surface area contributed by atoms with Crippen molar-refractivity contribution in [3.8, 4) is 5.75 Å². The van der Waals surface area contributed by atoms with Gasteiger partial charge in [0.15, 0.2) is 0 Å². The van der Waals surface area contributed by atoms with Gasteiger partial charge < -0.3 is 9.84 Å². The van der Waals surface area contributed by atoms with Gasteiger partial charge in [-0.3, -0.25) is 4.79 Å². The van der Waals surface area contributed by atoms with Gasteiger partial charge >= 0.3 is 5.97 Å². The first-order valence-corrected chi connectivity index (χ1v) is 6.24. The Balaban J connectivity index is 2.89. The van der Waals surface area contributed by atoms with E-state index in [1.807, 2.05) is 0 Å². The second-order valence-corrected chi connectivity index (χ2v) is 5.07. The van der Waals surface area contributed by atoms with Crippen LogP contribution in [0.4, 0.5) is 0 Å². The van der Waals surface area contributed by atoms with E-state index in [4.69, 9.17) is 5.11 Å². The molecule has 0 aliphatic carbocycles. The molecule has 0 saturated carbocycles. The number of hydrogen-bond acceptors (Lipinski definition) is 5. The number of hydrogen-bond donors (Lipinski definition) is 2. The van der Waals surface area contributed by atoms with E-state index in [1.165, 1.54) is 38.3 Å². The monoisotopic (exact) mass is 259 g/mol. The van der Waals surface area contributed by atoms with Crippen molar-refractivity contribution < 1.29 is 23.1 Å². The van der Waals surface area contributed by atoms with E-state index in [1.54, 1.807) is 0 Å². The summed E-state index contributed by atoms with van der Waals surface area (Å²) in [7, 11) is -2.62. The van der Waals surface area contributed by atoms with Gasteiger partial charge in [0.2, 0.25) is 10.0 Å². The van der Waals surface area contributed by atoms with Crippen LogP contribution in [0, 0.1) is 0 Å². The number of sulfonamides is 1. The van der Waals surface area contributed by atoms with E-state index >= 15 is 0 Å². The maximum atomic E-state index is 11.8. The summed E-state index contributed by atoms with van der Waals surface area (Å²) in [6.45, 7) is 1.38. The fourth-order valence-corrected chi connectivity index (χ4v) is 2.34. The van der Waals surface area contributed by atoms with Gasteiger partial charge in [0.1, 0.15) is 11.8 Å². The smallest absolute Gasteiger partial charge is 0.323 e. The van der Waals surface area contributed by atoms with Crippen LogP contribution < -0.4 is 4.72 Å². The Morgan fingerprint density at radius 1 is 1.35 bits per heavy atom. The third kappa shape index (κ3) is 3.43. The molecule has 1 aromatic carbocycles. The Labute approximate surface area is 99.3 Å². The van der Waals surface area contributed by atoms with Crippen molar-refractivity contribution in [1.82, 2.24) is 4.72 Å².